The molecule has 0 radical (unpaired) electrons. The predicted molar refractivity (Wildman–Crippen MR) is 76.6 cm³/mol. The van der Waals surface area contributed by atoms with Crippen molar-refractivity contribution in [2.75, 3.05) is 0 Å². The van der Waals surface area contributed by atoms with Gasteiger partial charge in [-0.25, -0.2) is 4.98 Å². The van der Waals surface area contributed by atoms with Gasteiger partial charge in [-0.1, -0.05) is 42.5 Å². The Kier molecular flexibility index (Phi) is 2.82. The van der Waals surface area contributed by atoms with Gasteiger partial charge in [0, 0.05) is 11.6 Å². The van der Waals surface area contributed by atoms with Crippen LogP contribution >= 0.6 is 11.3 Å². The smallest absolute Gasteiger partial charge is 0.125 e. The van der Waals surface area contributed by atoms with Gasteiger partial charge < -0.3 is 5.11 Å². The van der Waals surface area contributed by atoms with Crippen LogP contribution in [-0.4, -0.2) is 10.1 Å². The molecule has 18 heavy (non-hydrogen) atoms. The Labute approximate surface area is 109 Å². The van der Waals surface area contributed by atoms with Crippen LogP contribution in [0.5, 0.6) is 0 Å². The van der Waals surface area contributed by atoms with Crippen LogP contribution in [0.4, 0.5) is 0 Å². The fourth-order valence-corrected chi connectivity index (χ4v) is 2.67. The summed E-state index contributed by atoms with van der Waals surface area (Å²) in [6, 6.07) is 17.4. The van der Waals surface area contributed by atoms with Crippen LogP contribution in [-0.2, 0) is 0 Å². The third-order valence-electron chi connectivity index (χ3n) is 2.64. The highest BCUT2D eigenvalue weighted by atomic mass is 32.1. The molecule has 3 heteroatoms. The summed E-state index contributed by atoms with van der Waals surface area (Å²) >= 11 is 1.57. The average molecular weight is 253 g/mol. The van der Waals surface area contributed by atoms with Crippen LogP contribution in [0.3, 0.4) is 0 Å². The topological polar surface area (TPSA) is 33.1 Å². The highest BCUT2D eigenvalue weighted by Gasteiger charge is 2.03. The second-order valence-corrected chi connectivity index (χ2v) is 4.98. The Morgan fingerprint density at radius 2 is 1.72 bits per heavy atom. The highest BCUT2D eigenvalue weighted by molar-refractivity contribution is 7.19. The lowest BCUT2D eigenvalue weighted by Gasteiger charge is -1.97. The quantitative estimate of drug-likeness (QED) is 0.689. The molecule has 0 fully saturated rings. The Hall–Kier alpha value is -2.13. The Balaban J connectivity index is 2.00. The molecule has 0 saturated heterocycles. The minimum absolute atomic E-state index is 0.245. The standard InChI is InChI=1S/C15H11NOS/c17-13(11-6-2-1-3-7-11)10-15-16-12-8-4-5-9-14(12)18-15/h1-10,17H/b13-10+. The van der Waals surface area contributed by atoms with Gasteiger partial charge in [-0.15, -0.1) is 11.3 Å². The zero-order chi connectivity index (χ0) is 12.4. The molecule has 0 amide bonds. The van der Waals surface area contributed by atoms with E-state index in [1.54, 1.807) is 17.4 Å². The van der Waals surface area contributed by atoms with Gasteiger partial charge in [-0.2, -0.15) is 0 Å². The SMILES string of the molecule is O/C(=C/c1nc2ccccc2s1)c1ccccc1. The Morgan fingerprint density at radius 1 is 1.00 bits per heavy atom. The number of aliphatic hydroxyl groups excluding tert-OH is 1. The number of thiazole rings is 1. The summed E-state index contributed by atoms with van der Waals surface area (Å²) < 4.78 is 1.13. The van der Waals surface area contributed by atoms with E-state index in [9.17, 15) is 5.11 Å². The van der Waals surface area contributed by atoms with Crippen LogP contribution in [0.2, 0.25) is 0 Å². The third kappa shape index (κ3) is 2.13. The second kappa shape index (κ2) is 4.63. The summed E-state index contributed by atoms with van der Waals surface area (Å²) in [6.45, 7) is 0. The number of hydrogen-bond donors (Lipinski definition) is 1. The molecule has 0 aliphatic heterocycles. The van der Waals surface area contributed by atoms with Gasteiger partial charge in [0.1, 0.15) is 10.8 Å². The van der Waals surface area contributed by atoms with Gasteiger partial charge in [-0.3, -0.25) is 0 Å². The van der Waals surface area contributed by atoms with Crippen molar-refractivity contribution < 1.29 is 5.11 Å². The molecule has 0 aliphatic rings. The van der Waals surface area contributed by atoms with E-state index >= 15 is 0 Å². The van der Waals surface area contributed by atoms with Crippen molar-refractivity contribution in [3.05, 3.63) is 65.2 Å². The summed E-state index contributed by atoms with van der Waals surface area (Å²) in [4.78, 5) is 4.46. The monoisotopic (exact) mass is 253 g/mol. The maximum absolute atomic E-state index is 10.0. The van der Waals surface area contributed by atoms with Crippen LogP contribution in [0.25, 0.3) is 22.1 Å². The summed E-state index contributed by atoms with van der Waals surface area (Å²) in [5.74, 6) is 0.245. The molecule has 1 heterocycles. The second-order valence-electron chi connectivity index (χ2n) is 3.92. The van der Waals surface area contributed by atoms with Gasteiger partial charge in [0.05, 0.1) is 10.2 Å². The number of benzene rings is 2. The van der Waals surface area contributed by atoms with E-state index in [2.05, 4.69) is 4.98 Å². The predicted octanol–water partition coefficient (Wildman–Crippen LogP) is 4.35. The molecule has 0 spiro atoms. The molecular formula is C15H11NOS. The van der Waals surface area contributed by atoms with Crippen molar-refractivity contribution >= 4 is 33.4 Å². The first-order valence-corrected chi connectivity index (χ1v) is 6.46. The van der Waals surface area contributed by atoms with E-state index in [-0.39, 0.29) is 5.76 Å². The molecule has 1 N–H and O–H groups in total. The van der Waals surface area contributed by atoms with Crippen LogP contribution in [0.15, 0.2) is 54.6 Å². The average Bonchev–Trinajstić information content (AvgIpc) is 2.82. The molecule has 3 rings (SSSR count). The molecule has 0 saturated carbocycles. The third-order valence-corrected chi connectivity index (χ3v) is 3.62. The first kappa shape index (κ1) is 11.0. The molecule has 2 nitrogen and oxygen atoms in total. The van der Waals surface area contributed by atoms with Gasteiger partial charge in [-0.05, 0) is 12.1 Å². The molecule has 0 atom stereocenters. The van der Waals surface area contributed by atoms with Crippen molar-refractivity contribution in [2.24, 2.45) is 0 Å². The van der Waals surface area contributed by atoms with E-state index in [1.165, 1.54) is 0 Å². The normalized spacial score (nSPS) is 11.9. The number of para-hydroxylation sites is 1. The molecule has 1 aromatic heterocycles. The Morgan fingerprint density at radius 3 is 2.50 bits per heavy atom. The summed E-state index contributed by atoms with van der Waals surface area (Å²) in [7, 11) is 0. The van der Waals surface area contributed by atoms with Crippen molar-refractivity contribution in [1.82, 2.24) is 4.98 Å². The van der Waals surface area contributed by atoms with Crippen molar-refractivity contribution in [3.63, 3.8) is 0 Å². The molecule has 3 aromatic rings. The van der Waals surface area contributed by atoms with E-state index < -0.39 is 0 Å². The molecule has 88 valence electrons. The first-order chi connectivity index (χ1) is 8.83. The number of nitrogens with zero attached hydrogens (tertiary/aromatic N) is 1. The van der Waals surface area contributed by atoms with Crippen LogP contribution in [0, 0.1) is 0 Å². The van der Waals surface area contributed by atoms with Gasteiger partial charge >= 0.3 is 0 Å². The highest BCUT2D eigenvalue weighted by Crippen LogP contribution is 2.24. The first-order valence-electron chi connectivity index (χ1n) is 5.64. The number of fused-ring (bicyclic) bond motifs is 1. The van der Waals surface area contributed by atoms with E-state index in [4.69, 9.17) is 0 Å². The molecule has 2 aromatic carbocycles. The van der Waals surface area contributed by atoms with E-state index in [1.807, 2.05) is 54.6 Å². The maximum atomic E-state index is 10.0. The Bertz CT molecular complexity index is 668. The summed E-state index contributed by atoms with van der Waals surface area (Å²) in [6.07, 6.45) is 1.71. The molecule has 0 unspecified atom stereocenters. The van der Waals surface area contributed by atoms with E-state index in [0.717, 1.165) is 20.8 Å². The lowest BCUT2D eigenvalue weighted by molar-refractivity contribution is 0.515. The molecule has 0 bridgehead atoms. The minimum atomic E-state index is 0.245. The lowest BCUT2D eigenvalue weighted by Crippen LogP contribution is -1.81. The fraction of sp³-hybridized carbons (Fsp3) is 0. The zero-order valence-electron chi connectivity index (χ0n) is 9.58. The fourth-order valence-electron chi connectivity index (χ4n) is 1.76. The van der Waals surface area contributed by atoms with Crippen LogP contribution in [0.1, 0.15) is 10.6 Å². The number of rotatable bonds is 2. The van der Waals surface area contributed by atoms with Crippen molar-refractivity contribution in [3.8, 4) is 0 Å². The largest absolute Gasteiger partial charge is 0.507 e. The molecule has 0 aliphatic carbocycles. The minimum Gasteiger partial charge on any atom is -0.507 e. The molecular weight excluding hydrogens is 242 g/mol. The van der Waals surface area contributed by atoms with Crippen molar-refractivity contribution in [2.45, 2.75) is 0 Å². The summed E-state index contributed by atoms with van der Waals surface area (Å²) in [5, 5.41) is 10.8. The number of hydrogen-bond acceptors (Lipinski definition) is 3. The van der Waals surface area contributed by atoms with Crippen molar-refractivity contribution in [1.29, 1.82) is 0 Å². The number of aromatic nitrogens is 1. The van der Waals surface area contributed by atoms with E-state index in [0.29, 0.717) is 0 Å². The zero-order valence-corrected chi connectivity index (χ0v) is 10.4. The maximum Gasteiger partial charge on any atom is 0.125 e. The lowest BCUT2D eigenvalue weighted by atomic mass is 10.2. The van der Waals surface area contributed by atoms with Gasteiger partial charge in [0.15, 0.2) is 0 Å². The van der Waals surface area contributed by atoms with Gasteiger partial charge in [0.2, 0.25) is 0 Å². The summed E-state index contributed by atoms with van der Waals surface area (Å²) in [5.41, 5.74) is 1.77. The van der Waals surface area contributed by atoms with Gasteiger partial charge in [0.25, 0.3) is 0 Å². The van der Waals surface area contributed by atoms with Crippen LogP contribution < -0.4 is 0 Å². The number of aliphatic hydroxyl groups is 1.